The molecule has 0 unspecified atom stereocenters. The second kappa shape index (κ2) is 5.16. The van der Waals surface area contributed by atoms with Crippen molar-refractivity contribution in [2.75, 3.05) is 18.5 Å². The molecule has 0 radical (unpaired) electrons. The van der Waals surface area contributed by atoms with Crippen LogP contribution in [0.25, 0.3) is 0 Å². The van der Waals surface area contributed by atoms with Crippen molar-refractivity contribution in [2.24, 2.45) is 5.73 Å². The Hall–Kier alpha value is -1.63. The number of carbonyl (C=O) groups is 1. The lowest BCUT2D eigenvalue weighted by Gasteiger charge is -2.17. The molecule has 0 bridgehead atoms. The molecule has 1 aromatic carbocycles. The summed E-state index contributed by atoms with van der Waals surface area (Å²) in [6.45, 7) is 0.765. The highest BCUT2D eigenvalue weighted by atomic mass is 16.6. The summed E-state index contributed by atoms with van der Waals surface area (Å²) in [5, 5.41) is 2.66. The van der Waals surface area contributed by atoms with Crippen LogP contribution in [0.5, 0.6) is 0 Å². The van der Waals surface area contributed by atoms with Gasteiger partial charge in [0.05, 0.1) is 19.3 Å². The molecule has 0 spiro atoms. The van der Waals surface area contributed by atoms with Gasteiger partial charge in [-0.3, -0.25) is 5.32 Å². The van der Waals surface area contributed by atoms with Gasteiger partial charge in [-0.2, -0.15) is 0 Å². The van der Waals surface area contributed by atoms with Crippen LogP contribution in [0.1, 0.15) is 0 Å². The molecule has 1 aromatic rings. The SMILES string of the molecule is N[C@H]1CO[C@@H]2[C@@H]1OC[C@@H]2OC(=O)Nc1ccccc1. The lowest BCUT2D eigenvalue weighted by molar-refractivity contribution is 0.00900. The predicted molar refractivity (Wildman–Crippen MR) is 67.8 cm³/mol. The monoisotopic (exact) mass is 264 g/mol. The zero-order valence-corrected chi connectivity index (χ0v) is 10.3. The molecule has 6 nitrogen and oxygen atoms in total. The molecule has 102 valence electrons. The van der Waals surface area contributed by atoms with Crippen molar-refractivity contribution in [3.63, 3.8) is 0 Å². The smallest absolute Gasteiger partial charge is 0.412 e. The summed E-state index contributed by atoms with van der Waals surface area (Å²) in [5.74, 6) is 0. The Labute approximate surface area is 110 Å². The van der Waals surface area contributed by atoms with E-state index < -0.39 is 12.2 Å². The van der Waals surface area contributed by atoms with Gasteiger partial charge in [0.15, 0.2) is 6.10 Å². The van der Waals surface area contributed by atoms with Gasteiger partial charge in [0, 0.05) is 5.69 Å². The van der Waals surface area contributed by atoms with Crippen LogP contribution in [0.2, 0.25) is 0 Å². The van der Waals surface area contributed by atoms with E-state index in [9.17, 15) is 4.79 Å². The van der Waals surface area contributed by atoms with Crippen LogP contribution in [0.15, 0.2) is 30.3 Å². The number of nitrogens with one attached hydrogen (secondary N) is 1. The molecule has 3 rings (SSSR count). The van der Waals surface area contributed by atoms with Gasteiger partial charge in [-0.05, 0) is 12.1 Å². The van der Waals surface area contributed by atoms with Gasteiger partial charge in [-0.25, -0.2) is 4.79 Å². The van der Waals surface area contributed by atoms with E-state index in [4.69, 9.17) is 19.9 Å². The zero-order chi connectivity index (χ0) is 13.2. The van der Waals surface area contributed by atoms with Gasteiger partial charge in [-0.15, -0.1) is 0 Å². The molecular weight excluding hydrogens is 248 g/mol. The molecular formula is C13H16N2O4. The van der Waals surface area contributed by atoms with Gasteiger partial charge < -0.3 is 19.9 Å². The lowest BCUT2D eigenvalue weighted by Crippen LogP contribution is -2.38. The average Bonchev–Trinajstić information content (AvgIpc) is 2.96. The van der Waals surface area contributed by atoms with Crippen LogP contribution in [0, 0.1) is 0 Å². The van der Waals surface area contributed by atoms with Crippen LogP contribution in [-0.2, 0) is 14.2 Å². The third-order valence-corrected chi connectivity index (χ3v) is 3.32. The lowest BCUT2D eigenvalue weighted by atomic mass is 10.1. The molecule has 2 fully saturated rings. The van der Waals surface area contributed by atoms with Crippen molar-refractivity contribution in [1.29, 1.82) is 0 Å². The minimum Gasteiger partial charge on any atom is -0.441 e. The predicted octanol–water partition coefficient (Wildman–Crippen LogP) is 0.729. The molecule has 1 amide bonds. The summed E-state index contributed by atoms with van der Waals surface area (Å²) in [6.07, 6.45) is -1.34. The van der Waals surface area contributed by atoms with E-state index in [1.165, 1.54) is 0 Å². The number of anilines is 1. The van der Waals surface area contributed by atoms with E-state index in [-0.39, 0.29) is 18.2 Å². The molecule has 19 heavy (non-hydrogen) atoms. The van der Waals surface area contributed by atoms with E-state index in [1.807, 2.05) is 18.2 Å². The van der Waals surface area contributed by atoms with Crippen molar-refractivity contribution < 1.29 is 19.0 Å². The molecule has 2 aliphatic rings. The van der Waals surface area contributed by atoms with E-state index >= 15 is 0 Å². The summed E-state index contributed by atoms with van der Waals surface area (Å²) >= 11 is 0. The van der Waals surface area contributed by atoms with Crippen LogP contribution in [0.3, 0.4) is 0 Å². The standard InChI is InChI=1S/C13H16N2O4/c14-9-6-17-12-10(7-18-11(9)12)19-13(16)15-8-4-2-1-3-5-8/h1-5,9-12H,6-7,14H2,(H,15,16)/t9-,10-,11+,12-/m0/s1. The third kappa shape index (κ3) is 2.56. The number of nitrogens with two attached hydrogens (primary N) is 1. The number of rotatable bonds is 2. The molecule has 0 saturated carbocycles. The van der Waals surface area contributed by atoms with Crippen molar-refractivity contribution in [2.45, 2.75) is 24.4 Å². The number of hydrogen-bond donors (Lipinski definition) is 2. The van der Waals surface area contributed by atoms with E-state index in [0.717, 1.165) is 0 Å². The second-order valence-corrected chi connectivity index (χ2v) is 4.69. The largest absolute Gasteiger partial charge is 0.441 e. The maximum Gasteiger partial charge on any atom is 0.412 e. The summed E-state index contributed by atoms with van der Waals surface area (Å²) in [6, 6.07) is 8.98. The van der Waals surface area contributed by atoms with Crippen LogP contribution in [-0.4, -0.2) is 43.7 Å². The number of amides is 1. The molecule has 0 aliphatic carbocycles. The van der Waals surface area contributed by atoms with Crippen molar-refractivity contribution in [1.82, 2.24) is 0 Å². The molecule has 4 atom stereocenters. The van der Waals surface area contributed by atoms with Crippen LogP contribution >= 0.6 is 0 Å². The van der Waals surface area contributed by atoms with Crippen LogP contribution in [0.4, 0.5) is 10.5 Å². The van der Waals surface area contributed by atoms with E-state index in [1.54, 1.807) is 12.1 Å². The highest BCUT2D eigenvalue weighted by Crippen LogP contribution is 2.28. The molecule has 2 aliphatic heterocycles. The molecule has 6 heteroatoms. The van der Waals surface area contributed by atoms with E-state index in [0.29, 0.717) is 18.9 Å². The van der Waals surface area contributed by atoms with Gasteiger partial charge in [0.1, 0.15) is 12.2 Å². The Morgan fingerprint density at radius 1 is 1.21 bits per heavy atom. The third-order valence-electron chi connectivity index (χ3n) is 3.32. The van der Waals surface area contributed by atoms with Gasteiger partial charge in [0.2, 0.25) is 0 Å². The number of carbonyl (C=O) groups excluding carboxylic acids is 1. The number of benzene rings is 1. The second-order valence-electron chi connectivity index (χ2n) is 4.69. The molecule has 2 heterocycles. The summed E-state index contributed by atoms with van der Waals surface area (Å²) < 4.78 is 16.3. The number of hydrogen-bond acceptors (Lipinski definition) is 5. The van der Waals surface area contributed by atoms with E-state index in [2.05, 4.69) is 5.32 Å². The average molecular weight is 264 g/mol. The number of fused-ring (bicyclic) bond motifs is 1. The summed E-state index contributed by atoms with van der Waals surface area (Å²) in [4.78, 5) is 11.8. The molecule has 2 saturated heterocycles. The quantitative estimate of drug-likeness (QED) is 0.822. The van der Waals surface area contributed by atoms with Crippen molar-refractivity contribution in [3.8, 4) is 0 Å². The first-order chi connectivity index (χ1) is 9.24. The highest BCUT2D eigenvalue weighted by Gasteiger charge is 2.48. The maximum absolute atomic E-state index is 11.8. The Morgan fingerprint density at radius 2 is 1.95 bits per heavy atom. The molecule has 3 N–H and O–H groups in total. The fourth-order valence-corrected chi connectivity index (χ4v) is 2.40. The Bertz CT molecular complexity index is 453. The Balaban J connectivity index is 1.56. The molecule has 0 aromatic heterocycles. The highest BCUT2D eigenvalue weighted by molar-refractivity contribution is 5.84. The minimum absolute atomic E-state index is 0.143. The maximum atomic E-state index is 11.8. The Kier molecular flexibility index (Phi) is 3.37. The first-order valence-corrected chi connectivity index (χ1v) is 6.25. The van der Waals surface area contributed by atoms with Gasteiger partial charge >= 0.3 is 6.09 Å². The van der Waals surface area contributed by atoms with Crippen molar-refractivity contribution in [3.05, 3.63) is 30.3 Å². The van der Waals surface area contributed by atoms with Gasteiger partial charge in [-0.1, -0.05) is 18.2 Å². The summed E-state index contributed by atoms with van der Waals surface area (Å²) in [5.41, 5.74) is 6.52. The first kappa shape index (κ1) is 12.4. The van der Waals surface area contributed by atoms with Crippen molar-refractivity contribution >= 4 is 11.8 Å². The topological polar surface area (TPSA) is 82.8 Å². The fraction of sp³-hybridized carbons (Fsp3) is 0.462. The van der Waals surface area contributed by atoms with Crippen LogP contribution < -0.4 is 11.1 Å². The Morgan fingerprint density at radius 3 is 2.74 bits per heavy atom. The summed E-state index contributed by atoms with van der Waals surface area (Å²) in [7, 11) is 0. The zero-order valence-electron chi connectivity index (χ0n) is 10.3. The first-order valence-electron chi connectivity index (χ1n) is 6.25. The minimum atomic E-state index is -0.510. The fourth-order valence-electron chi connectivity index (χ4n) is 2.40. The normalized spacial score (nSPS) is 32.9. The van der Waals surface area contributed by atoms with Gasteiger partial charge in [0.25, 0.3) is 0 Å². The number of ether oxygens (including phenoxy) is 3. The number of para-hydroxylation sites is 1.